The number of pyridine rings is 1. The quantitative estimate of drug-likeness (QED) is 0.650. The van der Waals surface area contributed by atoms with Crippen LogP contribution in [0.5, 0.6) is 0 Å². The predicted octanol–water partition coefficient (Wildman–Crippen LogP) is -0.0523. The summed E-state index contributed by atoms with van der Waals surface area (Å²) in [6, 6.07) is 1.76. The van der Waals surface area contributed by atoms with Crippen molar-refractivity contribution < 1.29 is 9.53 Å². The fraction of sp³-hybridized carbons (Fsp3) is 0.400. The van der Waals surface area contributed by atoms with Crippen molar-refractivity contribution in [3.05, 3.63) is 24.0 Å². The molecule has 0 aliphatic carbocycles. The normalized spacial score (nSPS) is 24.2. The van der Waals surface area contributed by atoms with Crippen molar-refractivity contribution >= 4 is 11.8 Å². The number of nitrogen functional groups attached to an aromatic ring is 1. The molecule has 86 valence electrons. The minimum atomic E-state index is -0.792. The van der Waals surface area contributed by atoms with Gasteiger partial charge in [0.25, 0.3) is 0 Å². The second kappa shape index (κ2) is 3.97. The first kappa shape index (κ1) is 10.7. The van der Waals surface area contributed by atoms with E-state index in [1.807, 2.05) is 0 Å². The van der Waals surface area contributed by atoms with Gasteiger partial charge in [-0.25, -0.2) is 4.79 Å². The maximum atomic E-state index is 11.0. The van der Waals surface area contributed by atoms with Crippen LogP contribution in [0.4, 0.5) is 10.5 Å². The molecule has 0 radical (unpaired) electrons. The molecular weight excluding hydrogens is 208 g/mol. The molecular formula is C10H14N4O2. The predicted molar refractivity (Wildman–Crippen MR) is 58.5 cm³/mol. The number of ether oxygens (including phenoxy) is 1. The van der Waals surface area contributed by atoms with Gasteiger partial charge in [-0.3, -0.25) is 4.98 Å². The van der Waals surface area contributed by atoms with Crippen LogP contribution < -0.4 is 16.8 Å². The lowest BCUT2D eigenvalue weighted by Crippen LogP contribution is -2.37. The van der Waals surface area contributed by atoms with E-state index >= 15 is 0 Å². The Morgan fingerprint density at radius 1 is 1.62 bits per heavy atom. The highest BCUT2D eigenvalue weighted by atomic mass is 16.6. The third kappa shape index (κ3) is 1.79. The van der Waals surface area contributed by atoms with E-state index in [1.165, 1.54) is 0 Å². The number of amides is 1. The van der Waals surface area contributed by atoms with Crippen LogP contribution in [0.2, 0.25) is 0 Å². The van der Waals surface area contributed by atoms with Crippen molar-refractivity contribution in [1.29, 1.82) is 0 Å². The third-order valence-electron chi connectivity index (χ3n) is 2.75. The summed E-state index contributed by atoms with van der Waals surface area (Å²) in [7, 11) is 0. The number of rotatable bonds is 2. The molecule has 2 rings (SSSR count). The number of hydrogen-bond donors (Lipinski definition) is 3. The Labute approximate surface area is 93.0 Å². The Bertz CT molecular complexity index is 402. The van der Waals surface area contributed by atoms with Crippen LogP contribution in [-0.4, -0.2) is 24.2 Å². The largest absolute Gasteiger partial charge is 0.437 e. The van der Waals surface area contributed by atoms with Gasteiger partial charge in [0.2, 0.25) is 0 Å². The number of carbonyl (C=O) groups is 1. The van der Waals surface area contributed by atoms with E-state index in [-0.39, 0.29) is 0 Å². The number of primary amides is 1. The zero-order valence-corrected chi connectivity index (χ0v) is 8.77. The molecule has 5 N–H and O–H groups in total. The molecule has 0 unspecified atom stereocenters. The number of anilines is 1. The summed E-state index contributed by atoms with van der Waals surface area (Å²) in [6.45, 7) is 1.28. The molecule has 0 saturated carbocycles. The van der Waals surface area contributed by atoms with Gasteiger partial charge in [-0.15, -0.1) is 0 Å². The smallest absolute Gasteiger partial charge is 0.405 e. The van der Waals surface area contributed by atoms with E-state index in [4.69, 9.17) is 16.2 Å². The molecule has 1 amide bonds. The van der Waals surface area contributed by atoms with Crippen LogP contribution in [0.15, 0.2) is 18.5 Å². The van der Waals surface area contributed by atoms with Crippen molar-refractivity contribution in [3.8, 4) is 0 Å². The first-order chi connectivity index (χ1) is 7.64. The molecule has 6 heteroatoms. The van der Waals surface area contributed by atoms with Crippen molar-refractivity contribution in [2.75, 3.05) is 18.8 Å². The van der Waals surface area contributed by atoms with Crippen LogP contribution in [0.1, 0.15) is 12.0 Å². The van der Waals surface area contributed by atoms with E-state index in [1.54, 1.807) is 18.5 Å². The van der Waals surface area contributed by atoms with Gasteiger partial charge in [0.15, 0.2) is 5.60 Å². The van der Waals surface area contributed by atoms with Gasteiger partial charge in [-0.05, 0) is 12.6 Å². The summed E-state index contributed by atoms with van der Waals surface area (Å²) >= 11 is 0. The second-order valence-corrected chi connectivity index (χ2v) is 3.81. The molecule has 1 fully saturated rings. The minimum absolute atomic E-state index is 0.507. The van der Waals surface area contributed by atoms with E-state index in [0.717, 1.165) is 12.1 Å². The van der Waals surface area contributed by atoms with Crippen molar-refractivity contribution in [2.24, 2.45) is 5.73 Å². The summed E-state index contributed by atoms with van der Waals surface area (Å²) < 4.78 is 5.23. The molecule has 1 aromatic rings. The summed E-state index contributed by atoms with van der Waals surface area (Å²) in [5, 5.41) is 3.14. The number of nitrogens with one attached hydrogen (secondary N) is 1. The van der Waals surface area contributed by atoms with Gasteiger partial charge in [-0.1, -0.05) is 0 Å². The van der Waals surface area contributed by atoms with Crippen molar-refractivity contribution in [1.82, 2.24) is 10.3 Å². The lowest BCUT2D eigenvalue weighted by atomic mass is 9.92. The molecule has 1 aliphatic heterocycles. The summed E-state index contributed by atoms with van der Waals surface area (Å²) in [4.78, 5) is 14.9. The molecule has 16 heavy (non-hydrogen) atoms. The Morgan fingerprint density at radius 2 is 2.44 bits per heavy atom. The maximum absolute atomic E-state index is 11.0. The van der Waals surface area contributed by atoms with Crippen LogP contribution in [-0.2, 0) is 10.3 Å². The molecule has 1 aromatic heterocycles. The summed E-state index contributed by atoms with van der Waals surface area (Å²) in [6.07, 6.45) is 3.03. The zero-order valence-electron chi connectivity index (χ0n) is 8.77. The lowest BCUT2D eigenvalue weighted by Gasteiger charge is -2.28. The highest BCUT2D eigenvalue weighted by Gasteiger charge is 2.40. The lowest BCUT2D eigenvalue weighted by molar-refractivity contribution is 0.0296. The summed E-state index contributed by atoms with van der Waals surface area (Å²) in [5.41, 5.74) is 11.4. The Balaban J connectivity index is 2.39. The van der Waals surface area contributed by atoms with Gasteiger partial charge < -0.3 is 21.5 Å². The first-order valence-electron chi connectivity index (χ1n) is 5.03. The number of nitrogens with zero attached hydrogens (tertiary/aromatic N) is 1. The van der Waals surface area contributed by atoms with Crippen LogP contribution in [0.25, 0.3) is 0 Å². The van der Waals surface area contributed by atoms with Crippen LogP contribution in [0, 0.1) is 0 Å². The molecule has 0 aromatic carbocycles. The van der Waals surface area contributed by atoms with Gasteiger partial charge in [0.05, 0.1) is 11.9 Å². The van der Waals surface area contributed by atoms with Gasteiger partial charge in [0, 0.05) is 24.7 Å². The first-order valence-corrected chi connectivity index (χ1v) is 5.03. The highest BCUT2D eigenvalue weighted by Crippen LogP contribution is 2.34. The Kier molecular flexibility index (Phi) is 2.66. The van der Waals surface area contributed by atoms with Crippen molar-refractivity contribution in [2.45, 2.75) is 12.0 Å². The van der Waals surface area contributed by atoms with E-state index in [0.29, 0.717) is 18.7 Å². The fourth-order valence-corrected chi connectivity index (χ4v) is 2.06. The number of carbonyl (C=O) groups excluding carboxylic acids is 1. The highest BCUT2D eigenvalue weighted by molar-refractivity contribution is 5.66. The fourth-order valence-electron chi connectivity index (χ4n) is 2.06. The topological polar surface area (TPSA) is 103 Å². The average Bonchev–Trinajstić information content (AvgIpc) is 2.67. The number of nitrogens with two attached hydrogens (primary N) is 2. The molecule has 1 aliphatic rings. The van der Waals surface area contributed by atoms with E-state index < -0.39 is 11.7 Å². The third-order valence-corrected chi connectivity index (χ3v) is 2.75. The minimum Gasteiger partial charge on any atom is -0.437 e. The average molecular weight is 222 g/mol. The molecule has 2 heterocycles. The van der Waals surface area contributed by atoms with E-state index in [2.05, 4.69) is 10.3 Å². The second-order valence-electron chi connectivity index (χ2n) is 3.81. The maximum Gasteiger partial charge on any atom is 0.405 e. The molecule has 1 atom stereocenters. The SMILES string of the molecule is NC(=O)O[C@@]1(c2ccncc2N)CCNC1. The van der Waals surface area contributed by atoms with Crippen LogP contribution >= 0.6 is 0 Å². The monoisotopic (exact) mass is 222 g/mol. The number of aromatic nitrogens is 1. The molecule has 0 spiro atoms. The standard InChI is InChI=1S/C10H14N4O2/c11-8-5-13-3-1-7(8)10(16-9(12)15)2-4-14-6-10/h1,3,5,14H,2,4,6,11H2,(H2,12,15)/t10-/m0/s1. The molecule has 1 saturated heterocycles. The van der Waals surface area contributed by atoms with Crippen LogP contribution in [0.3, 0.4) is 0 Å². The van der Waals surface area contributed by atoms with Gasteiger partial charge in [0.1, 0.15) is 0 Å². The Hall–Kier alpha value is -1.82. The van der Waals surface area contributed by atoms with Gasteiger partial charge in [-0.2, -0.15) is 0 Å². The van der Waals surface area contributed by atoms with Gasteiger partial charge >= 0.3 is 6.09 Å². The summed E-state index contributed by atoms with van der Waals surface area (Å²) in [5.74, 6) is 0. The molecule has 0 bridgehead atoms. The van der Waals surface area contributed by atoms with E-state index in [9.17, 15) is 4.79 Å². The number of hydrogen-bond acceptors (Lipinski definition) is 5. The molecule has 6 nitrogen and oxygen atoms in total. The zero-order chi connectivity index (χ0) is 11.6. The van der Waals surface area contributed by atoms with Crippen molar-refractivity contribution in [3.63, 3.8) is 0 Å². The Morgan fingerprint density at radius 3 is 3.00 bits per heavy atom.